The Balaban J connectivity index is 1.83. The first-order valence-corrected chi connectivity index (χ1v) is 13.7. The van der Waals surface area contributed by atoms with Crippen LogP contribution in [0.4, 0.5) is 5.69 Å². The van der Waals surface area contributed by atoms with Crippen molar-refractivity contribution >= 4 is 16.9 Å². The third-order valence-corrected chi connectivity index (χ3v) is 7.12. The summed E-state index contributed by atoms with van der Waals surface area (Å²) >= 11 is 0. The van der Waals surface area contributed by atoms with Crippen LogP contribution in [0.3, 0.4) is 0 Å². The molecule has 0 atom stereocenters. The Labute approximate surface area is 232 Å². The molecule has 40 heavy (non-hydrogen) atoms. The number of likely N-dealkylation sites (N-methyl/N-ethyl adjacent to an activating group) is 1. The molecule has 0 saturated carbocycles. The van der Waals surface area contributed by atoms with Crippen molar-refractivity contribution in [2.45, 2.75) is 52.7 Å². The second-order valence-electron chi connectivity index (χ2n) is 9.74. The number of aliphatic hydroxyl groups excluding tert-OH is 1. The lowest BCUT2D eigenvalue weighted by molar-refractivity contribution is -0.384. The summed E-state index contributed by atoms with van der Waals surface area (Å²) in [6.45, 7) is 6.91. The number of nitrogens with zero attached hydrogens (tertiary/aromatic N) is 6. The fourth-order valence-corrected chi connectivity index (χ4v) is 4.95. The molecule has 0 aliphatic heterocycles. The quantitative estimate of drug-likeness (QED) is 0.190. The predicted octanol–water partition coefficient (Wildman–Crippen LogP) is 2.83. The van der Waals surface area contributed by atoms with Gasteiger partial charge in [-0.3, -0.25) is 28.9 Å². The van der Waals surface area contributed by atoms with Gasteiger partial charge in [0.1, 0.15) is 5.82 Å². The maximum atomic E-state index is 13.8. The van der Waals surface area contributed by atoms with Crippen molar-refractivity contribution in [3.8, 4) is 0 Å². The average molecular weight is 549 g/mol. The molecule has 2 heterocycles. The number of non-ortho nitro benzene ring substituents is 1. The number of aliphatic hydroxyl groups is 1. The Bertz CT molecular complexity index is 1560. The van der Waals surface area contributed by atoms with Crippen LogP contribution in [0.1, 0.15) is 37.2 Å². The van der Waals surface area contributed by atoms with Crippen LogP contribution in [-0.2, 0) is 32.5 Å². The van der Waals surface area contributed by atoms with E-state index in [4.69, 9.17) is 4.98 Å². The van der Waals surface area contributed by atoms with Crippen LogP contribution >= 0.6 is 0 Å². The highest BCUT2D eigenvalue weighted by Crippen LogP contribution is 2.18. The van der Waals surface area contributed by atoms with Gasteiger partial charge in [-0.2, -0.15) is 0 Å². The molecule has 212 valence electrons. The summed E-state index contributed by atoms with van der Waals surface area (Å²) in [4.78, 5) is 44.9. The molecule has 0 amide bonds. The maximum absolute atomic E-state index is 13.8. The van der Waals surface area contributed by atoms with E-state index in [1.807, 2.05) is 48.7 Å². The lowest BCUT2D eigenvalue weighted by Crippen LogP contribution is -2.41. The molecular weight excluding hydrogens is 512 g/mol. The standard InChI is InChI=1S/C29H36N6O5/c1-3-15-34-28(37)26-27(33(29(34)38)16-14-22-10-12-24(13-11-22)35(39)40)30-25(21-23-8-6-5-7-9-23)32(26)18-17-31(4-2)19-20-36/h5-13,36H,3-4,14-21H2,1-2H3. The molecule has 4 aromatic rings. The molecule has 0 saturated heterocycles. The number of fused-ring (bicyclic) bond motifs is 1. The summed E-state index contributed by atoms with van der Waals surface area (Å²) in [5.41, 5.74) is 1.86. The van der Waals surface area contributed by atoms with Crippen LogP contribution in [-0.4, -0.2) is 59.9 Å². The van der Waals surface area contributed by atoms with Gasteiger partial charge in [0.2, 0.25) is 0 Å². The minimum absolute atomic E-state index is 0.00595. The summed E-state index contributed by atoms with van der Waals surface area (Å²) < 4.78 is 4.77. The molecule has 2 aromatic heterocycles. The third-order valence-electron chi connectivity index (χ3n) is 7.12. The van der Waals surface area contributed by atoms with E-state index in [1.54, 1.807) is 16.7 Å². The Morgan fingerprint density at radius 2 is 1.62 bits per heavy atom. The van der Waals surface area contributed by atoms with E-state index in [2.05, 4.69) is 4.90 Å². The van der Waals surface area contributed by atoms with Crippen molar-refractivity contribution in [1.29, 1.82) is 0 Å². The van der Waals surface area contributed by atoms with Gasteiger partial charge in [-0.1, -0.05) is 56.3 Å². The Morgan fingerprint density at radius 3 is 2.25 bits per heavy atom. The van der Waals surface area contributed by atoms with Gasteiger partial charge in [0, 0.05) is 51.3 Å². The number of nitro benzene ring substituents is 1. The van der Waals surface area contributed by atoms with Crippen LogP contribution in [0.5, 0.6) is 0 Å². The van der Waals surface area contributed by atoms with Crippen LogP contribution < -0.4 is 11.2 Å². The highest BCUT2D eigenvalue weighted by atomic mass is 16.6. The highest BCUT2D eigenvalue weighted by Gasteiger charge is 2.22. The first kappa shape index (κ1) is 28.9. The second kappa shape index (κ2) is 13.3. The van der Waals surface area contributed by atoms with Gasteiger partial charge in [0.15, 0.2) is 11.2 Å². The molecule has 2 aromatic carbocycles. The molecule has 0 aliphatic carbocycles. The number of nitro groups is 1. The van der Waals surface area contributed by atoms with Crippen molar-refractivity contribution in [3.05, 3.63) is 103 Å². The molecule has 11 heteroatoms. The third kappa shape index (κ3) is 6.37. The Morgan fingerprint density at radius 1 is 0.900 bits per heavy atom. The van der Waals surface area contributed by atoms with E-state index >= 15 is 0 Å². The summed E-state index contributed by atoms with van der Waals surface area (Å²) in [7, 11) is 0. The zero-order chi connectivity index (χ0) is 28.6. The number of aryl methyl sites for hydroxylation is 2. The molecule has 0 bridgehead atoms. The van der Waals surface area contributed by atoms with E-state index in [0.717, 1.165) is 17.7 Å². The largest absolute Gasteiger partial charge is 0.395 e. The first-order chi connectivity index (χ1) is 19.4. The van der Waals surface area contributed by atoms with Gasteiger partial charge in [0.05, 0.1) is 11.5 Å². The molecule has 0 aliphatic rings. The van der Waals surface area contributed by atoms with Crippen LogP contribution in [0, 0.1) is 10.1 Å². The summed E-state index contributed by atoms with van der Waals surface area (Å²) in [5, 5.41) is 20.5. The predicted molar refractivity (Wildman–Crippen MR) is 154 cm³/mol. The van der Waals surface area contributed by atoms with Crippen molar-refractivity contribution < 1.29 is 10.0 Å². The number of hydrogen-bond acceptors (Lipinski definition) is 7. The van der Waals surface area contributed by atoms with Gasteiger partial charge in [-0.25, -0.2) is 9.78 Å². The highest BCUT2D eigenvalue weighted by molar-refractivity contribution is 5.71. The van der Waals surface area contributed by atoms with Gasteiger partial charge in [-0.15, -0.1) is 0 Å². The van der Waals surface area contributed by atoms with E-state index < -0.39 is 10.6 Å². The summed E-state index contributed by atoms with van der Waals surface area (Å²) in [6.07, 6.45) is 1.55. The van der Waals surface area contributed by atoms with Crippen molar-refractivity contribution in [2.75, 3.05) is 26.2 Å². The molecule has 0 spiro atoms. The SMILES string of the molecule is CCCn1c(=O)c2c(nc(Cc3ccccc3)n2CCN(CC)CCO)n(CCc2ccc([N+](=O)[O-])cc2)c1=O. The number of rotatable bonds is 14. The van der Waals surface area contributed by atoms with Crippen molar-refractivity contribution in [2.24, 2.45) is 0 Å². The molecule has 11 nitrogen and oxygen atoms in total. The average Bonchev–Trinajstić information content (AvgIpc) is 3.31. The fraction of sp³-hybridized carbons (Fsp3) is 0.414. The molecule has 1 N–H and O–H groups in total. The van der Waals surface area contributed by atoms with E-state index in [0.29, 0.717) is 55.9 Å². The Kier molecular flexibility index (Phi) is 9.62. The second-order valence-corrected chi connectivity index (χ2v) is 9.74. The van der Waals surface area contributed by atoms with E-state index in [-0.39, 0.29) is 30.9 Å². The van der Waals surface area contributed by atoms with Crippen molar-refractivity contribution in [3.63, 3.8) is 0 Å². The number of benzene rings is 2. The number of aromatic nitrogens is 4. The van der Waals surface area contributed by atoms with Crippen LogP contribution in [0.25, 0.3) is 11.2 Å². The van der Waals surface area contributed by atoms with Crippen molar-refractivity contribution in [1.82, 2.24) is 23.6 Å². The molecule has 0 radical (unpaired) electrons. The topological polar surface area (TPSA) is 128 Å². The molecule has 0 unspecified atom stereocenters. The zero-order valence-corrected chi connectivity index (χ0v) is 23.0. The van der Waals surface area contributed by atoms with Crippen LogP contribution in [0.2, 0.25) is 0 Å². The smallest absolute Gasteiger partial charge is 0.332 e. The monoisotopic (exact) mass is 548 g/mol. The fourth-order valence-electron chi connectivity index (χ4n) is 4.95. The van der Waals surface area contributed by atoms with Crippen LogP contribution in [0.15, 0.2) is 64.2 Å². The molecular formula is C29H36N6O5. The van der Waals surface area contributed by atoms with Gasteiger partial charge in [-0.05, 0) is 30.5 Å². The normalized spacial score (nSPS) is 11.5. The van der Waals surface area contributed by atoms with Gasteiger partial charge < -0.3 is 9.67 Å². The lowest BCUT2D eigenvalue weighted by atomic mass is 10.1. The van der Waals surface area contributed by atoms with Gasteiger partial charge >= 0.3 is 5.69 Å². The molecule has 0 fully saturated rings. The number of hydrogen-bond donors (Lipinski definition) is 1. The van der Waals surface area contributed by atoms with Gasteiger partial charge in [0.25, 0.3) is 11.2 Å². The maximum Gasteiger partial charge on any atom is 0.332 e. The van der Waals surface area contributed by atoms with E-state index in [9.17, 15) is 24.8 Å². The summed E-state index contributed by atoms with van der Waals surface area (Å²) in [6, 6.07) is 16.1. The zero-order valence-electron chi connectivity index (χ0n) is 23.0. The number of imidazole rings is 1. The summed E-state index contributed by atoms with van der Waals surface area (Å²) in [5.74, 6) is 0.691. The Hall–Kier alpha value is -4.09. The first-order valence-electron chi connectivity index (χ1n) is 13.7. The minimum atomic E-state index is -0.445. The minimum Gasteiger partial charge on any atom is -0.395 e. The van der Waals surface area contributed by atoms with E-state index in [1.165, 1.54) is 16.7 Å². The molecule has 4 rings (SSSR count). The lowest BCUT2D eigenvalue weighted by Gasteiger charge is -2.20.